The lowest BCUT2D eigenvalue weighted by Gasteiger charge is -2.38. The van der Waals surface area contributed by atoms with Gasteiger partial charge < -0.3 is 25.8 Å². The van der Waals surface area contributed by atoms with Crippen molar-refractivity contribution in [3.8, 4) is 11.5 Å². The number of hydrogen-bond donors (Lipinski definition) is 2. The largest absolute Gasteiger partial charge is 0.454 e. The topological polar surface area (TPSA) is 77.0 Å². The molecule has 120 valence electrons. The summed E-state index contributed by atoms with van der Waals surface area (Å²) in [4.78, 5) is 4.66. The number of fused-ring (bicyclic) bond motifs is 1. The molecule has 0 unspecified atom stereocenters. The summed E-state index contributed by atoms with van der Waals surface area (Å²) in [7, 11) is 0. The molecule has 2 aliphatic heterocycles. The van der Waals surface area contributed by atoms with Crippen molar-refractivity contribution in [3.63, 3.8) is 0 Å². The fourth-order valence-electron chi connectivity index (χ4n) is 2.86. The van der Waals surface area contributed by atoms with Crippen LogP contribution in [0, 0.1) is 0 Å². The maximum Gasteiger partial charge on any atom is 0.231 e. The van der Waals surface area contributed by atoms with Crippen LogP contribution in [-0.2, 0) is 0 Å². The molecular formula is C16H24N4O2. The summed E-state index contributed by atoms with van der Waals surface area (Å²) in [6.45, 7) is 6.02. The van der Waals surface area contributed by atoms with Crippen LogP contribution in [0.15, 0.2) is 29.6 Å². The van der Waals surface area contributed by atoms with Gasteiger partial charge in [-0.1, -0.05) is 13.3 Å². The normalized spacial score (nSPS) is 17.9. The molecule has 2 aliphatic rings. The zero-order valence-corrected chi connectivity index (χ0v) is 13.0. The molecule has 0 amide bonds. The third-order valence-corrected chi connectivity index (χ3v) is 4.12. The van der Waals surface area contributed by atoms with Crippen LogP contribution in [0.3, 0.4) is 0 Å². The smallest absolute Gasteiger partial charge is 0.231 e. The van der Waals surface area contributed by atoms with Gasteiger partial charge in [0.25, 0.3) is 0 Å². The standard InChI is InChI=1S/C16H24N4O2/c1-2-3-6-19-8-12(16(17)18)9-20(10-19)13-4-5-14-15(7-13)22-11-21-14/h4-5,7H,2-3,6,8-11,17-18H2,1H3. The van der Waals surface area contributed by atoms with Gasteiger partial charge in [-0.2, -0.15) is 0 Å². The monoisotopic (exact) mass is 304 g/mol. The van der Waals surface area contributed by atoms with Crippen LogP contribution in [0.25, 0.3) is 0 Å². The molecule has 0 saturated carbocycles. The fraction of sp³-hybridized carbons (Fsp3) is 0.500. The second-order valence-corrected chi connectivity index (χ2v) is 5.84. The van der Waals surface area contributed by atoms with E-state index in [-0.39, 0.29) is 0 Å². The predicted octanol–water partition coefficient (Wildman–Crippen LogP) is 1.42. The molecule has 2 heterocycles. The lowest BCUT2D eigenvalue weighted by molar-refractivity contribution is 0.174. The van der Waals surface area contributed by atoms with E-state index in [1.54, 1.807) is 0 Å². The van der Waals surface area contributed by atoms with Crippen LogP contribution in [-0.4, -0.2) is 38.0 Å². The van der Waals surface area contributed by atoms with Crippen LogP contribution in [0.4, 0.5) is 5.69 Å². The Morgan fingerprint density at radius 3 is 2.77 bits per heavy atom. The van der Waals surface area contributed by atoms with Gasteiger partial charge >= 0.3 is 0 Å². The number of benzene rings is 1. The third kappa shape index (κ3) is 3.06. The minimum Gasteiger partial charge on any atom is -0.454 e. The van der Waals surface area contributed by atoms with Crippen LogP contribution < -0.4 is 25.8 Å². The van der Waals surface area contributed by atoms with Crippen molar-refractivity contribution in [3.05, 3.63) is 29.6 Å². The van der Waals surface area contributed by atoms with Crippen molar-refractivity contribution in [2.24, 2.45) is 11.5 Å². The number of rotatable bonds is 4. The maximum absolute atomic E-state index is 5.85. The summed E-state index contributed by atoms with van der Waals surface area (Å²) in [5.74, 6) is 2.04. The molecular weight excluding hydrogens is 280 g/mol. The van der Waals surface area contributed by atoms with E-state index in [1.807, 2.05) is 12.1 Å². The maximum atomic E-state index is 5.85. The highest BCUT2D eigenvalue weighted by Gasteiger charge is 2.24. The summed E-state index contributed by atoms with van der Waals surface area (Å²) in [5, 5.41) is 0. The molecule has 0 aromatic heterocycles. The van der Waals surface area contributed by atoms with E-state index < -0.39 is 0 Å². The average Bonchev–Trinajstić information content (AvgIpc) is 3.00. The summed E-state index contributed by atoms with van der Waals surface area (Å²) in [6, 6.07) is 6.04. The quantitative estimate of drug-likeness (QED) is 0.876. The Hall–Kier alpha value is -2.08. The molecule has 0 aliphatic carbocycles. The minimum atomic E-state index is 0.294. The molecule has 4 N–H and O–H groups in total. The molecule has 22 heavy (non-hydrogen) atoms. The van der Waals surface area contributed by atoms with Gasteiger partial charge in [-0.25, -0.2) is 0 Å². The Labute approximate surface area is 131 Å². The molecule has 1 fully saturated rings. The molecule has 1 aromatic carbocycles. The second-order valence-electron chi connectivity index (χ2n) is 5.84. The summed E-state index contributed by atoms with van der Waals surface area (Å²) in [6.07, 6.45) is 2.35. The molecule has 0 bridgehead atoms. The van der Waals surface area contributed by atoms with E-state index in [4.69, 9.17) is 20.9 Å². The van der Waals surface area contributed by atoms with Gasteiger partial charge in [-0.05, 0) is 18.6 Å². The first kappa shape index (κ1) is 14.8. The van der Waals surface area contributed by atoms with Crippen LogP contribution in [0.2, 0.25) is 0 Å². The highest BCUT2D eigenvalue weighted by Crippen LogP contribution is 2.36. The van der Waals surface area contributed by atoms with Crippen molar-refractivity contribution in [1.29, 1.82) is 0 Å². The van der Waals surface area contributed by atoms with E-state index >= 15 is 0 Å². The molecule has 0 spiro atoms. The van der Waals surface area contributed by atoms with Gasteiger partial charge in [-0.3, -0.25) is 4.90 Å². The number of unbranched alkanes of at least 4 members (excludes halogenated alkanes) is 1. The molecule has 3 rings (SSSR count). The summed E-state index contributed by atoms with van der Waals surface area (Å²) in [5.41, 5.74) is 13.9. The molecule has 1 saturated heterocycles. The third-order valence-electron chi connectivity index (χ3n) is 4.12. The van der Waals surface area contributed by atoms with Crippen LogP contribution in [0.1, 0.15) is 19.8 Å². The fourth-order valence-corrected chi connectivity index (χ4v) is 2.86. The van der Waals surface area contributed by atoms with E-state index in [0.717, 1.165) is 49.1 Å². The molecule has 0 atom stereocenters. The zero-order valence-electron chi connectivity index (χ0n) is 13.0. The summed E-state index contributed by atoms with van der Waals surface area (Å²) >= 11 is 0. The molecule has 6 heteroatoms. The first-order valence-corrected chi connectivity index (χ1v) is 7.77. The number of nitrogens with two attached hydrogens (primary N) is 2. The highest BCUT2D eigenvalue weighted by molar-refractivity contribution is 5.58. The minimum absolute atomic E-state index is 0.294. The number of ether oxygens (including phenoxy) is 2. The van der Waals surface area contributed by atoms with Crippen LogP contribution >= 0.6 is 0 Å². The molecule has 1 aromatic rings. The number of hydrogen-bond acceptors (Lipinski definition) is 6. The van der Waals surface area contributed by atoms with Crippen LogP contribution in [0.5, 0.6) is 11.5 Å². The van der Waals surface area contributed by atoms with Gasteiger partial charge in [0, 0.05) is 37.0 Å². The van der Waals surface area contributed by atoms with Gasteiger partial charge in [-0.15, -0.1) is 0 Å². The first-order chi connectivity index (χ1) is 10.7. The van der Waals surface area contributed by atoms with Crippen molar-refractivity contribution in [1.82, 2.24) is 4.90 Å². The van der Waals surface area contributed by atoms with Gasteiger partial charge in [0.15, 0.2) is 11.5 Å². The van der Waals surface area contributed by atoms with Crippen molar-refractivity contribution in [2.75, 3.05) is 38.0 Å². The lowest BCUT2D eigenvalue weighted by atomic mass is 10.1. The average molecular weight is 304 g/mol. The molecule has 6 nitrogen and oxygen atoms in total. The SMILES string of the molecule is CCCCN1CC(=C(N)N)CN(c2ccc3c(c2)OCO3)C1. The Kier molecular flexibility index (Phi) is 4.29. The lowest BCUT2D eigenvalue weighted by Crippen LogP contribution is -2.47. The molecule has 0 radical (unpaired) electrons. The van der Waals surface area contributed by atoms with E-state index in [0.29, 0.717) is 12.6 Å². The number of nitrogens with zero attached hydrogens (tertiary/aromatic N) is 2. The van der Waals surface area contributed by atoms with Crippen molar-refractivity contribution in [2.45, 2.75) is 19.8 Å². The summed E-state index contributed by atoms with van der Waals surface area (Å²) < 4.78 is 10.8. The van der Waals surface area contributed by atoms with Crippen molar-refractivity contribution < 1.29 is 9.47 Å². The van der Waals surface area contributed by atoms with E-state index in [2.05, 4.69) is 22.8 Å². The Morgan fingerprint density at radius 1 is 1.18 bits per heavy atom. The predicted molar refractivity (Wildman–Crippen MR) is 86.7 cm³/mol. The second kappa shape index (κ2) is 6.36. The Morgan fingerprint density at radius 2 is 2.00 bits per heavy atom. The van der Waals surface area contributed by atoms with Gasteiger partial charge in [0.05, 0.1) is 12.5 Å². The van der Waals surface area contributed by atoms with E-state index in [9.17, 15) is 0 Å². The first-order valence-electron chi connectivity index (χ1n) is 7.77. The van der Waals surface area contributed by atoms with Crippen molar-refractivity contribution >= 4 is 5.69 Å². The van der Waals surface area contributed by atoms with Gasteiger partial charge in [0.2, 0.25) is 6.79 Å². The van der Waals surface area contributed by atoms with Gasteiger partial charge in [0.1, 0.15) is 0 Å². The Balaban J connectivity index is 1.80. The van der Waals surface area contributed by atoms with E-state index in [1.165, 1.54) is 12.8 Å². The Bertz CT molecular complexity index is 569. The zero-order chi connectivity index (χ0) is 15.5. The number of anilines is 1. The highest BCUT2D eigenvalue weighted by atomic mass is 16.7.